The van der Waals surface area contributed by atoms with Gasteiger partial charge < -0.3 is 4.98 Å². The van der Waals surface area contributed by atoms with Gasteiger partial charge in [-0.25, -0.2) is 0 Å². The zero-order chi connectivity index (χ0) is 23.3. The van der Waals surface area contributed by atoms with Gasteiger partial charge in [0.1, 0.15) is 0 Å². The number of carbonyl (C=O) groups is 2. The van der Waals surface area contributed by atoms with Crippen molar-refractivity contribution in [3.8, 4) is 0 Å². The van der Waals surface area contributed by atoms with Gasteiger partial charge in [-0.1, -0.05) is 51.0 Å². The van der Waals surface area contributed by atoms with Crippen molar-refractivity contribution in [2.45, 2.75) is 22.6 Å². The number of H-pyrrole nitrogens is 1. The molecule has 1 N–H and O–H groups in total. The number of halogens is 2. The van der Waals surface area contributed by atoms with Crippen LogP contribution in [0.2, 0.25) is 5.02 Å². The number of hydrogen-bond donors (Lipinski definition) is 1. The first kappa shape index (κ1) is 21.4. The average molecular weight is 574 g/mol. The summed E-state index contributed by atoms with van der Waals surface area (Å²) in [6.45, 7) is 0. The van der Waals surface area contributed by atoms with E-state index in [1.54, 1.807) is 11.8 Å². The van der Waals surface area contributed by atoms with E-state index >= 15 is 0 Å². The van der Waals surface area contributed by atoms with Crippen molar-refractivity contribution in [1.82, 2.24) is 4.98 Å². The van der Waals surface area contributed by atoms with Gasteiger partial charge in [0.2, 0.25) is 11.8 Å². The minimum Gasteiger partial charge on any atom is -0.307 e. The highest BCUT2D eigenvalue weighted by Gasteiger charge is 2.69. The maximum atomic E-state index is 13.7. The molecule has 2 amide bonds. The third kappa shape index (κ3) is 2.89. The van der Waals surface area contributed by atoms with Crippen LogP contribution in [0.15, 0.2) is 62.8 Å². The first-order chi connectivity index (χ1) is 16.4. The molecule has 2 aliphatic heterocycles. The van der Waals surface area contributed by atoms with Gasteiger partial charge in [-0.15, -0.1) is 11.8 Å². The summed E-state index contributed by atoms with van der Waals surface area (Å²) in [6.07, 6.45) is 0.882. The summed E-state index contributed by atoms with van der Waals surface area (Å²) >= 11 is 12.6. The Labute approximate surface area is 217 Å². The molecule has 3 heterocycles. The number of imide groups is 1. The Morgan fingerprint density at radius 2 is 1.62 bits per heavy atom. The highest BCUT2D eigenvalue weighted by molar-refractivity contribution is 9.10. The molecule has 2 saturated carbocycles. The van der Waals surface area contributed by atoms with Crippen LogP contribution in [0.5, 0.6) is 0 Å². The summed E-state index contributed by atoms with van der Waals surface area (Å²) in [5.74, 6) is -0.292. The second-order valence-corrected chi connectivity index (χ2v) is 13.1. The first-order valence-corrected chi connectivity index (χ1v) is 14.1. The van der Waals surface area contributed by atoms with E-state index in [4.69, 9.17) is 11.6 Å². The number of anilines is 1. The van der Waals surface area contributed by atoms with E-state index in [-0.39, 0.29) is 57.4 Å². The number of amides is 2. The van der Waals surface area contributed by atoms with E-state index < -0.39 is 0 Å². The van der Waals surface area contributed by atoms with E-state index in [9.17, 15) is 14.4 Å². The highest BCUT2D eigenvalue weighted by atomic mass is 79.9. The molecule has 0 radical (unpaired) electrons. The van der Waals surface area contributed by atoms with Gasteiger partial charge in [-0.05, 0) is 66.1 Å². The molecule has 7 rings (SSSR count). The lowest BCUT2D eigenvalue weighted by atomic mass is 9.68. The molecule has 1 aromatic heterocycles. The zero-order valence-electron chi connectivity index (χ0n) is 17.6. The van der Waals surface area contributed by atoms with Gasteiger partial charge in [0.05, 0.1) is 22.5 Å². The lowest BCUT2D eigenvalue weighted by Gasteiger charge is -2.43. The number of thiazole rings is 1. The fourth-order valence-electron chi connectivity index (χ4n) is 6.90. The van der Waals surface area contributed by atoms with Crippen LogP contribution in [-0.4, -0.2) is 22.0 Å². The molecule has 5 unspecified atom stereocenters. The smallest absolute Gasteiger partial charge is 0.305 e. The van der Waals surface area contributed by atoms with Crippen LogP contribution in [0, 0.1) is 29.6 Å². The number of aromatic amines is 1. The predicted octanol–water partition coefficient (Wildman–Crippen LogP) is 5.53. The van der Waals surface area contributed by atoms with Crippen molar-refractivity contribution in [2.24, 2.45) is 29.6 Å². The zero-order valence-corrected chi connectivity index (χ0v) is 21.6. The van der Waals surface area contributed by atoms with E-state index in [1.165, 1.54) is 16.2 Å². The fourth-order valence-corrected chi connectivity index (χ4v) is 10.2. The van der Waals surface area contributed by atoms with Crippen molar-refractivity contribution in [3.05, 3.63) is 78.1 Å². The normalized spacial score (nSPS) is 33.2. The third-order valence-electron chi connectivity index (χ3n) is 8.04. The minimum atomic E-state index is -0.296. The van der Waals surface area contributed by atoms with E-state index in [2.05, 4.69) is 20.9 Å². The summed E-state index contributed by atoms with van der Waals surface area (Å²) in [6, 6.07) is 15.2. The molecule has 2 bridgehead atoms. The molecule has 7 atom stereocenters. The molecule has 5 nitrogen and oxygen atoms in total. The van der Waals surface area contributed by atoms with Crippen LogP contribution in [0.3, 0.4) is 0 Å². The lowest BCUT2D eigenvalue weighted by molar-refractivity contribution is -0.123. The van der Waals surface area contributed by atoms with Crippen molar-refractivity contribution in [1.29, 1.82) is 0 Å². The molecular weight excluding hydrogens is 556 g/mol. The summed E-state index contributed by atoms with van der Waals surface area (Å²) in [5.41, 5.74) is 1.75. The number of rotatable bonds is 2. The molecule has 2 aromatic carbocycles. The summed E-state index contributed by atoms with van der Waals surface area (Å²) in [5, 5.41) is 1.77. The number of aromatic nitrogens is 1. The molecule has 3 fully saturated rings. The molecular formula is C25H18BrClN2O3S2. The van der Waals surface area contributed by atoms with E-state index in [0.717, 1.165) is 26.4 Å². The van der Waals surface area contributed by atoms with Gasteiger partial charge >= 0.3 is 4.87 Å². The van der Waals surface area contributed by atoms with Crippen LogP contribution in [0.25, 0.3) is 0 Å². The number of thioether (sulfide) groups is 1. The number of benzene rings is 2. The van der Waals surface area contributed by atoms with Crippen molar-refractivity contribution in [2.75, 3.05) is 4.90 Å². The lowest BCUT2D eigenvalue weighted by Crippen LogP contribution is -2.42. The molecule has 3 aromatic rings. The fraction of sp³-hybridized carbons (Fsp3) is 0.320. The Hall–Kier alpha value is -1.87. The molecule has 9 heteroatoms. The van der Waals surface area contributed by atoms with Crippen LogP contribution in [0.4, 0.5) is 5.69 Å². The van der Waals surface area contributed by atoms with Crippen molar-refractivity contribution < 1.29 is 9.59 Å². The monoisotopic (exact) mass is 572 g/mol. The predicted molar refractivity (Wildman–Crippen MR) is 137 cm³/mol. The molecule has 0 spiro atoms. The minimum absolute atomic E-state index is 0.0167. The number of nitrogens with zero attached hydrogens (tertiary/aromatic N) is 1. The molecule has 4 aliphatic rings. The maximum absolute atomic E-state index is 13.7. The molecule has 2 aliphatic carbocycles. The van der Waals surface area contributed by atoms with Crippen molar-refractivity contribution >= 4 is 68.1 Å². The van der Waals surface area contributed by atoms with Gasteiger partial charge in [-0.3, -0.25) is 19.3 Å². The topological polar surface area (TPSA) is 70.2 Å². The van der Waals surface area contributed by atoms with Crippen LogP contribution in [-0.2, 0) is 9.59 Å². The van der Waals surface area contributed by atoms with Crippen LogP contribution < -0.4 is 9.77 Å². The molecule has 34 heavy (non-hydrogen) atoms. The van der Waals surface area contributed by atoms with Gasteiger partial charge in [0.15, 0.2) is 0 Å². The average Bonchev–Trinajstić information content (AvgIpc) is 3.54. The van der Waals surface area contributed by atoms with Crippen molar-refractivity contribution in [3.63, 3.8) is 0 Å². The quantitative estimate of drug-likeness (QED) is 0.409. The third-order valence-corrected chi connectivity index (χ3v) is 11.4. The van der Waals surface area contributed by atoms with Gasteiger partial charge in [0.25, 0.3) is 0 Å². The second kappa shape index (κ2) is 7.56. The Balaban J connectivity index is 1.32. The molecule has 1 saturated heterocycles. The number of nitrogens with one attached hydrogen (secondary N) is 1. The largest absolute Gasteiger partial charge is 0.307 e. The second-order valence-electron chi connectivity index (χ2n) is 9.50. The van der Waals surface area contributed by atoms with Crippen LogP contribution in [0.1, 0.15) is 22.8 Å². The Morgan fingerprint density at radius 1 is 0.941 bits per heavy atom. The van der Waals surface area contributed by atoms with Crippen LogP contribution >= 0.6 is 50.6 Å². The Morgan fingerprint density at radius 3 is 2.32 bits per heavy atom. The van der Waals surface area contributed by atoms with Gasteiger partial charge in [0, 0.05) is 25.5 Å². The summed E-state index contributed by atoms with van der Waals surface area (Å²) in [7, 11) is 0. The SMILES string of the molecule is O=C1C2C(C(=O)N1c1ccc(Br)cc1)[C@@H]1C[C@H]2C2Sc3[nH]c(=O)sc3C(c3ccc(Cl)cc3)C21. The number of fused-ring (bicyclic) bond motifs is 9. The number of carbonyl (C=O) groups excluding carboxylic acids is 2. The summed E-state index contributed by atoms with van der Waals surface area (Å²) < 4.78 is 0.906. The first-order valence-electron chi connectivity index (χ1n) is 11.2. The summed E-state index contributed by atoms with van der Waals surface area (Å²) in [4.78, 5) is 45.1. The Bertz CT molecular complexity index is 1400. The highest BCUT2D eigenvalue weighted by Crippen LogP contribution is 2.68. The Kier molecular flexibility index (Phi) is 4.76. The van der Waals surface area contributed by atoms with Gasteiger partial charge in [-0.2, -0.15) is 0 Å². The molecule has 172 valence electrons. The number of hydrogen-bond acceptors (Lipinski definition) is 5. The maximum Gasteiger partial charge on any atom is 0.305 e. The standard InChI is InChI=1S/C25H18BrClN2O3S2/c26-11-3-7-13(8-4-11)29-23(30)18-14-9-15(19(18)24(29)31)20-17(14)16(10-1-5-12(27)6-2-10)21-22(33-20)28-25(32)34-21/h1-8,14-20H,9H2,(H,28,32)/t14-,15-,16?,17?,18?,19?,20?/m1/s1. The van der Waals surface area contributed by atoms with E-state index in [1.807, 2.05) is 48.5 Å². The van der Waals surface area contributed by atoms with E-state index in [0.29, 0.717) is 10.7 Å².